The van der Waals surface area contributed by atoms with Crippen molar-refractivity contribution in [3.05, 3.63) is 17.5 Å². The second kappa shape index (κ2) is 5.02. The summed E-state index contributed by atoms with van der Waals surface area (Å²) in [4.78, 5) is 2.60. The summed E-state index contributed by atoms with van der Waals surface area (Å²) >= 11 is 0. The Bertz CT molecular complexity index is 403. The molecule has 0 spiro atoms. The van der Waals surface area contributed by atoms with Crippen LogP contribution in [0.25, 0.3) is 0 Å². The molecule has 0 amide bonds. The molecule has 0 radical (unpaired) electrons. The Morgan fingerprint density at radius 1 is 1.50 bits per heavy atom. The fraction of sp³-hybridized carbons (Fsp3) is 0.786. The van der Waals surface area contributed by atoms with E-state index in [1.807, 2.05) is 6.20 Å². The van der Waals surface area contributed by atoms with Gasteiger partial charge < -0.3 is 5.11 Å². The summed E-state index contributed by atoms with van der Waals surface area (Å²) in [5, 5.41) is 16.8. The van der Waals surface area contributed by atoms with E-state index in [1.165, 1.54) is 24.1 Å². The van der Waals surface area contributed by atoms with Crippen LogP contribution in [0, 0.1) is 11.8 Å². The summed E-state index contributed by atoms with van der Waals surface area (Å²) in [6.45, 7) is 4.80. The normalized spacial score (nSPS) is 32.0. The second-order valence-corrected chi connectivity index (χ2v) is 5.89. The summed E-state index contributed by atoms with van der Waals surface area (Å²) < 4.78 is 0. The molecule has 2 N–H and O–H groups in total. The van der Waals surface area contributed by atoms with Crippen molar-refractivity contribution in [1.29, 1.82) is 0 Å². The maximum absolute atomic E-state index is 9.48. The van der Waals surface area contributed by atoms with Crippen molar-refractivity contribution in [3.8, 4) is 0 Å². The van der Waals surface area contributed by atoms with Crippen molar-refractivity contribution in [1.82, 2.24) is 15.1 Å². The van der Waals surface area contributed by atoms with Crippen molar-refractivity contribution in [3.63, 3.8) is 0 Å². The van der Waals surface area contributed by atoms with Gasteiger partial charge in [-0.2, -0.15) is 5.10 Å². The van der Waals surface area contributed by atoms with Crippen LogP contribution in [0.5, 0.6) is 0 Å². The summed E-state index contributed by atoms with van der Waals surface area (Å²) in [6.07, 6.45) is 6.60. The van der Waals surface area contributed by atoms with Gasteiger partial charge in [0.05, 0.1) is 6.20 Å². The SMILES string of the molecule is CCCN1CC(CO)CC2Cc3[nH]ncc3CC21. The van der Waals surface area contributed by atoms with E-state index >= 15 is 0 Å². The lowest BCUT2D eigenvalue weighted by Gasteiger charge is -2.46. The average molecular weight is 249 g/mol. The minimum Gasteiger partial charge on any atom is -0.396 e. The van der Waals surface area contributed by atoms with Gasteiger partial charge in [0, 0.05) is 24.9 Å². The van der Waals surface area contributed by atoms with Gasteiger partial charge in [0.1, 0.15) is 0 Å². The fourth-order valence-electron chi connectivity index (χ4n) is 3.79. The van der Waals surface area contributed by atoms with E-state index in [-0.39, 0.29) is 0 Å². The number of nitrogens with zero attached hydrogens (tertiary/aromatic N) is 2. The molecule has 3 rings (SSSR count). The predicted octanol–water partition coefficient (Wildman–Crippen LogP) is 1.22. The summed E-state index contributed by atoms with van der Waals surface area (Å²) in [7, 11) is 0. The van der Waals surface area contributed by atoms with Gasteiger partial charge in [-0.1, -0.05) is 6.92 Å². The molecule has 4 heteroatoms. The molecule has 100 valence electrons. The van der Waals surface area contributed by atoms with Crippen LogP contribution in [0.3, 0.4) is 0 Å². The van der Waals surface area contributed by atoms with Gasteiger partial charge in [0.15, 0.2) is 0 Å². The smallest absolute Gasteiger partial charge is 0.0522 e. The maximum Gasteiger partial charge on any atom is 0.0522 e. The second-order valence-electron chi connectivity index (χ2n) is 5.89. The van der Waals surface area contributed by atoms with E-state index in [4.69, 9.17) is 0 Å². The number of rotatable bonds is 3. The van der Waals surface area contributed by atoms with E-state index in [9.17, 15) is 5.11 Å². The number of hydrogen-bond acceptors (Lipinski definition) is 3. The number of nitrogens with one attached hydrogen (secondary N) is 1. The lowest BCUT2D eigenvalue weighted by atomic mass is 9.74. The van der Waals surface area contributed by atoms with Gasteiger partial charge in [-0.3, -0.25) is 10.00 Å². The molecule has 1 aromatic heterocycles. The molecule has 0 saturated carbocycles. The van der Waals surface area contributed by atoms with E-state index in [0.717, 1.165) is 25.9 Å². The number of aromatic amines is 1. The molecule has 2 heterocycles. The highest BCUT2D eigenvalue weighted by Crippen LogP contribution is 2.36. The Hall–Kier alpha value is -0.870. The van der Waals surface area contributed by atoms with Crippen LogP contribution in [0.15, 0.2) is 6.20 Å². The highest BCUT2D eigenvalue weighted by Gasteiger charge is 2.39. The summed E-state index contributed by atoms with van der Waals surface area (Å²) in [5.74, 6) is 1.15. The molecule has 1 aromatic rings. The fourth-order valence-corrected chi connectivity index (χ4v) is 3.79. The zero-order valence-electron chi connectivity index (χ0n) is 11.1. The summed E-state index contributed by atoms with van der Waals surface area (Å²) in [5.41, 5.74) is 2.73. The maximum atomic E-state index is 9.48. The Morgan fingerprint density at radius 2 is 2.39 bits per heavy atom. The van der Waals surface area contributed by atoms with Crippen LogP contribution in [-0.4, -0.2) is 45.9 Å². The molecular formula is C14H23N3O. The third-order valence-corrected chi connectivity index (χ3v) is 4.61. The molecule has 1 fully saturated rings. The molecule has 3 atom stereocenters. The van der Waals surface area contributed by atoms with Crippen LogP contribution in [0.2, 0.25) is 0 Å². The highest BCUT2D eigenvalue weighted by molar-refractivity contribution is 5.23. The zero-order chi connectivity index (χ0) is 12.5. The van der Waals surface area contributed by atoms with Crippen LogP contribution < -0.4 is 0 Å². The number of likely N-dealkylation sites (tertiary alicyclic amines) is 1. The van der Waals surface area contributed by atoms with Gasteiger partial charge in [-0.15, -0.1) is 0 Å². The van der Waals surface area contributed by atoms with Gasteiger partial charge >= 0.3 is 0 Å². The quantitative estimate of drug-likeness (QED) is 0.847. The average Bonchev–Trinajstić information content (AvgIpc) is 2.83. The van der Waals surface area contributed by atoms with Gasteiger partial charge in [-0.05, 0) is 49.6 Å². The Labute approximate surface area is 108 Å². The van der Waals surface area contributed by atoms with E-state index in [0.29, 0.717) is 24.5 Å². The molecule has 0 bridgehead atoms. The number of H-pyrrole nitrogens is 1. The minimum absolute atomic E-state index is 0.333. The molecule has 1 saturated heterocycles. The molecular weight excluding hydrogens is 226 g/mol. The molecule has 4 nitrogen and oxygen atoms in total. The molecule has 0 aromatic carbocycles. The van der Waals surface area contributed by atoms with Crippen LogP contribution in [0.4, 0.5) is 0 Å². The van der Waals surface area contributed by atoms with Gasteiger partial charge in [0.2, 0.25) is 0 Å². The minimum atomic E-state index is 0.333. The third kappa shape index (κ3) is 2.08. The van der Waals surface area contributed by atoms with Crippen molar-refractivity contribution in [2.75, 3.05) is 19.7 Å². The van der Waals surface area contributed by atoms with Gasteiger partial charge in [-0.25, -0.2) is 0 Å². The number of piperidine rings is 1. The highest BCUT2D eigenvalue weighted by atomic mass is 16.3. The number of hydrogen-bond donors (Lipinski definition) is 2. The largest absolute Gasteiger partial charge is 0.396 e. The first-order chi connectivity index (χ1) is 8.81. The number of fused-ring (bicyclic) bond motifs is 2. The van der Waals surface area contributed by atoms with Crippen molar-refractivity contribution in [2.24, 2.45) is 11.8 Å². The Kier molecular flexibility index (Phi) is 3.39. The van der Waals surface area contributed by atoms with Crippen molar-refractivity contribution < 1.29 is 5.11 Å². The van der Waals surface area contributed by atoms with E-state index in [1.54, 1.807) is 0 Å². The lowest BCUT2D eigenvalue weighted by Crippen LogP contribution is -2.52. The zero-order valence-corrected chi connectivity index (χ0v) is 11.1. The van der Waals surface area contributed by atoms with E-state index < -0.39 is 0 Å². The lowest BCUT2D eigenvalue weighted by molar-refractivity contribution is 0.0270. The van der Waals surface area contributed by atoms with Crippen molar-refractivity contribution >= 4 is 0 Å². The first-order valence-electron chi connectivity index (χ1n) is 7.17. The third-order valence-electron chi connectivity index (χ3n) is 4.61. The Balaban J connectivity index is 1.81. The Morgan fingerprint density at radius 3 is 3.17 bits per heavy atom. The monoisotopic (exact) mass is 249 g/mol. The van der Waals surface area contributed by atoms with Crippen molar-refractivity contribution in [2.45, 2.75) is 38.6 Å². The molecule has 3 unspecified atom stereocenters. The number of aromatic nitrogens is 2. The van der Waals surface area contributed by atoms with Crippen LogP contribution >= 0.6 is 0 Å². The van der Waals surface area contributed by atoms with Gasteiger partial charge in [0.25, 0.3) is 0 Å². The first-order valence-corrected chi connectivity index (χ1v) is 7.17. The van der Waals surface area contributed by atoms with Crippen LogP contribution in [-0.2, 0) is 12.8 Å². The molecule has 2 aliphatic rings. The van der Waals surface area contributed by atoms with Crippen LogP contribution in [0.1, 0.15) is 31.0 Å². The number of aliphatic hydroxyl groups excluding tert-OH is 1. The summed E-state index contributed by atoms with van der Waals surface area (Å²) in [6, 6.07) is 0.665. The molecule has 18 heavy (non-hydrogen) atoms. The number of aliphatic hydroxyl groups is 1. The first kappa shape index (κ1) is 12.2. The topological polar surface area (TPSA) is 52.1 Å². The molecule has 1 aliphatic carbocycles. The predicted molar refractivity (Wildman–Crippen MR) is 70.3 cm³/mol. The molecule has 1 aliphatic heterocycles. The van der Waals surface area contributed by atoms with E-state index in [2.05, 4.69) is 22.0 Å². The standard InChI is InChI=1S/C14H23N3O/c1-2-3-17-8-10(9-18)4-11-5-13-12(6-14(11)17)7-15-16-13/h7,10-11,14,18H,2-6,8-9H2,1H3,(H,15,16).